The Morgan fingerprint density at radius 2 is 1.89 bits per heavy atom. The summed E-state index contributed by atoms with van der Waals surface area (Å²) in [4.78, 5) is 32.4. The molecule has 0 radical (unpaired) electrons. The Labute approximate surface area is 228 Å². The topological polar surface area (TPSA) is 160 Å². The number of para-hydroxylation sites is 1. The Morgan fingerprint density at radius 3 is 2.50 bits per heavy atom. The van der Waals surface area contributed by atoms with Gasteiger partial charge < -0.3 is 21.7 Å². The van der Waals surface area contributed by atoms with E-state index in [-0.39, 0.29) is 47.7 Å². The number of thiophene rings is 1. The third-order valence-corrected chi connectivity index (χ3v) is 9.15. The molecular weight excluding hydrogens is 524 g/mol. The fourth-order valence-electron chi connectivity index (χ4n) is 4.52. The number of sulfonamides is 1. The average Bonchev–Trinajstić information content (AvgIpc) is 3.44. The van der Waals surface area contributed by atoms with Crippen LogP contribution in [0.25, 0.3) is 10.4 Å². The zero-order chi connectivity index (χ0) is 27.7. The summed E-state index contributed by atoms with van der Waals surface area (Å²) in [5.41, 5.74) is 11.6. The Bertz CT molecular complexity index is 1220. The summed E-state index contributed by atoms with van der Waals surface area (Å²) in [6.07, 6.45) is 3.67. The normalized spacial score (nSPS) is 15.2. The van der Waals surface area contributed by atoms with E-state index in [1.807, 2.05) is 17.5 Å². The standard InChI is InChI=1S/C26H38N6O4S2/c1-3-18-12-15-32(16-13-18)25(34)20(9-6-14-29-26(27)28)31-38(35,36)22-11-5-8-19(21-10-7-17-37-21)24(22)30-23(33)4-2/h5,7-8,10-11,17-18,20,31H,3-4,6,9,12-16H2,1-2H3,(H,30,33)(H4,27,28,29). The van der Waals surface area contributed by atoms with Gasteiger partial charge in [-0.2, -0.15) is 4.72 Å². The van der Waals surface area contributed by atoms with Crippen LogP contribution in [0.4, 0.5) is 5.69 Å². The molecule has 38 heavy (non-hydrogen) atoms. The monoisotopic (exact) mass is 562 g/mol. The number of hydrogen-bond acceptors (Lipinski definition) is 6. The highest BCUT2D eigenvalue weighted by molar-refractivity contribution is 7.89. The maximum Gasteiger partial charge on any atom is 0.243 e. The molecule has 6 N–H and O–H groups in total. The van der Waals surface area contributed by atoms with Crippen molar-refractivity contribution in [1.82, 2.24) is 9.62 Å². The fraction of sp³-hybridized carbons (Fsp3) is 0.500. The van der Waals surface area contributed by atoms with E-state index in [0.29, 0.717) is 31.0 Å². The van der Waals surface area contributed by atoms with Gasteiger partial charge in [-0.1, -0.05) is 38.5 Å². The SMILES string of the molecule is CCC(=O)Nc1c(-c2cccs2)cccc1S(=O)(=O)NC(CCCN=C(N)N)C(=O)N1CCC(CC)CC1. The van der Waals surface area contributed by atoms with Crippen LogP contribution in [-0.2, 0) is 19.6 Å². The molecule has 3 rings (SSSR count). The fourth-order valence-corrected chi connectivity index (χ4v) is 6.68. The number of guanidine groups is 1. The summed E-state index contributed by atoms with van der Waals surface area (Å²) in [5, 5.41) is 4.65. The minimum Gasteiger partial charge on any atom is -0.370 e. The molecule has 1 aromatic carbocycles. The third-order valence-electron chi connectivity index (χ3n) is 6.73. The molecule has 2 heterocycles. The van der Waals surface area contributed by atoms with Crippen LogP contribution < -0.4 is 21.5 Å². The molecule has 0 aliphatic carbocycles. The number of rotatable bonds is 12. The lowest BCUT2D eigenvalue weighted by Crippen LogP contribution is -2.50. The average molecular weight is 563 g/mol. The van der Waals surface area contributed by atoms with Gasteiger partial charge in [0.05, 0.1) is 5.69 Å². The van der Waals surface area contributed by atoms with Crippen LogP contribution in [-0.4, -0.2) is 56.8 Å². The molecule has 2 aromatic rings. The zero-order valence-electron chi connectivity index (χ0n) is 22.0. The first-order valence-corrected chi connectivity index (χ1v) is 15.4. The van der Waals surface area contributed by atoms with Crippen molar-refractivity contribution in [2.75, 3.05) is 25.0 Å². The van der Waals surface area contributed by atoms with E-state index in [9.17, 15) is 18.0 Å². The summed E-state index contributed by atoms with van der Waals surface area (Å²) in [5.74, 6) is -0.0620. The summed E-state index contributed by atoms with van der Waals surface area (Å²) in [7, 11) is -4.20. The molecule has 0 spiro atoms. The molecule has 1 aliphatic heterocycles. The number of nitrogens with one attached hydrogen (secondary N) is 2. The lowest BCUT2D eigenvalue weighted by atomic mass is 9.94. The van der Waals surface area contributed by atoms with Crippen molar-refractivity contribution in [2.24, 2.45) is 22.4 Å². The Kier molecular flexibility index (Phi) is 10.7. The number of benzene rings is 1. The summed E-state index contributed by atoms with van der Waals surface area (Å²) in [6.45, 7) is 5.30. The van der Waals surface area contributed by atoms with Crippen LogP contribution >= 0.6 is 11.3 Å². The van der Waals surface area contributed by atoms with Gasteiger partial charge in [-0.05, 0) is 49.1 Å². The van der Waals surface area contributed by atoms with Gasteiger partial charge in [0.1, 0.15) is 10.9 Å². The Morgan fingerprint density at radius 1 is 1.16 bits per heavy atom. The Balaban J connectivity index is 1.93. The lowest BCUT2D eigenvalue weighted by Gasteiger charge is -2.34. The highest BCUT2D eigenvalue weighted by atomic mass is 32.2. The quantitative estimate of drug-likeness (QED) is 0.177. The molecular formula is C26H38N6O4S2. The second-order valence-electron chi connectivity index (χ2n) is 9.36. The van der Waals surface area contributed by atoms with Crippen LogP contribution in [0.15, 0.2) is 45.6 Å². The van der Waals surface area contributed by atoms with Crippen molar-refractivity contribution in [3.8, 4) is 10.4 Å². The molecule has 1 atom stereocenters. The molecule has 0 bridgehead atoms. The molecule has 1 saturated heterocycles. The lowest BCUT2D eigenvalue weighted by molar-refractivity contribution is -0.134. The van der Waals surface area contributed by atoms with E-state index in [4.69, 9.17) is 11.5 Å². The van der Waals surface area contributed by atoms with Gasteiger partial charge >= 0.3 is 0 Å². The minimum atomic E-state index is -4.20. The molecule has 1 aromatic heterocycles. The number of hydrogen-bond donors (Lipinski definition) is 4. The van der Waals surface area contributed by atoms with Gasteiger partial charge in [0.2, 0.25) is 21.8 Å². The summed E-state index contributed by atoms with van der Waals surface area (Å²) >= 11 is 1.44. The van der Waals surface area contributed by atoms with Gasteiger partial charge in [-0.25, -0.2) is 8.42 Å². The second kappa shape index (κ2) is 13.7. The number of nitrogens with two attached hydrogens (primary N) is 2. The van der Waals surface area contributed by atoms with Gasteiger partial charge in [-0.15, -0.1) is 11.3 Å². The highest BCUT2D eigenvalue weighted by Crippen LogP contribution is 2.36. The molecule has 0 saturated carbocycles. The maximum atomic E-state index is 13.8. The predicted octanol–water partition coefficient (Wildman–Crippen LogP) is 3.11. The van der Waals surface area contributed by atoms with Gasteiger partial charge in [-0.3, -0.25) is 14.6 Å². The molecule has 1 unspecified atom stereocenters. The van der Waals surface area contributed by atoms with Crippen molar-refractivity contribution in [2.45, 2.75) is 63.3 Å². The molecule has 2 amide bonds. The number of piperidine rings is 1. The molecule has 208 valence electrons. The van der Waals surface area contributed by atoms with Crippen molar-refractivity contribution < 1.29 is 18.0 Å². The van der Waals surface area contributed by atoms with Gasteiger partial charge in [0.25, 0.3) is 0 Å². The number of carbonyl (C=O) groups is 2. The second-order valence-corrected chi connectivity index (χ2v) is 12.0. The van der Waals surface area contributed by atoms with E-state index in [1.54, 1.807) is 24.0 Å². The first kappa shape index (κ1) is 29.6. The van der Waals surface area contributed by atoms with E-state index >= 15 is 0 Å². The highest BCUT2D eigenvalue weighted by Gasteiger charge is 2.32. The number of likely N-dealkylation sites (tertiary alicyclic amines) is 1. The van der Waals surface area contributed by atoms with Crippen molar-refractivity contribution in [3.63, 3.8) is 0 Å². The maximum absolute atomic E-state index is 13.8. The summed E-state index contributed by atoms with van der Waals surface area (Å²) < 4.78 is 30.2. The van der Waals surface area contributed by atoms with E-state index < -0.39 is 16.1 Å². The predicted molar refractivity (Wildman–Crippen MR) is 152 cm³/mol. The van der Waals surface area contributed by atoms with Crippen molar-refractivity contribution >= 4 is 44.8 Å². The number of amides is 2. The van der Waals surface area contributed by atoms with Gasteiger partial charge in [0.15, 0.2) is 5.96 Å². The molecule has 10 nitrogen and oxygen atoms in total. The Hall–Kier alpha value is -2.96. The van der Waals surface area contributed by atoms with Crippen LogP contribution in [0.3, 0.4) is 0 Å². The molecule has 1 aliphatic rings. The van der Waals surface area contributed by atoms with Crippen LogP contribution in [0.1, 0.15) is 52.4 Å². The third kappa shape index (κ3) is 7.78. The number of nitrogens with zero attached hydrogens (tertiary/aromatic N) is 2. The number of carbonyl (C=O) groups excluding carboxylic acids is 2. The van der Waals surface area contributed by atoms with E-state index in [0.717, 1.165) is 24.1 Å². The van der Waals surface area contributed by atoms with Crippen LogP contribution in [0.5, 0.6) is 0 Å². The van der Waals surface area contributed by atoms with E-state index in [2.05, 4.69) is 22.0 Å². The zero-order valence-corrected chi connectivity index (χ0v) is 23.6. The minimum absolute atomic E-state index is 0.0585. The first-order chi connectivity index (χ1) is 18.2. The number of aliphatic imine (C=N–C) groups is 1. The number of anilines is 1. The molecule has 1 fully saturated rings. The van der Waals surface area contributed by atoms with Crippen molar-refractivity contribution in [1.29, 1.82) is 0 Å². The van der Waals surface area contributed by atoms with E-state index in [1.165, 1.54) is 17.4 Å². The smallest absolute Gasteiger partial charge is 0.243 e. The van der Waals surface area contributed by atoms with Crippen LogP contribution in [0.2, 0.25) is 0 Å². The molecule has 12 heteroatoms. The first-order valence-electron chi connectivity index (χ1n) is 13.0. The summed E-state index contributed by atoms with van der Waals surface area (Å²) in [6, 6.07) is 7.58. The van der Waals surface area contributed by atoms with Crippen molar-refractivity contribution in [3.05, 3.63) is 35.7 Å². The van der Waals surface area contributed by atoms with Crippen LogP contribution in [0, 0.1) is 5.92 Å². The largest absolute Gasteiger partial charge is 0.370 e. The van der Waals surface area contributed by atoms with Gasteiger partial charge in [0, 0.05) is 36.5 Å².